The highest BCUT2D eigenvalue weighted by Crippen LogP contribution is 2.24. The number of rotatable bonds is 3. The van der Waals surface area contributed by atoms with Crippen LogP contribution < -0.4 is 5.32 Å². The van der Waals surface area contributed by atoms with E-state index in [0.29, 0.717) is 35.1 Å². The predicted octanol–water partition coefficient (Wildman–Crippen LogP) is 3.12. The Kier molecular flexibility index (Phi) is 5.48. The van der Waals surface area contributed by atoms with E-state index < -0.39 is 0 Å². The molecule has 0 bridgehead atoms. The molecule has 0 aliphatic carbocycles. The number of likely N-dealkylation sites (tertiary alicyclic amines) is 1. The standard InChI is InChI=1S/C15H18Cl2N2O2/c1-2-14(20)18-11-5-7-19(8-6-11)15(21)10-3-4-12(16)13(17)9-10/h3-4,9,11H,2,5-8H2,1H3,(H,18,20). The molecule has 6 heteroatoms. The van der Waals surface area contributed by atoms with Gasteiger partial charge in [0.1, 0.15) is 0 Å². The second-order valence-corrected chi connectivity index (χ2v) is 5.93. The summed E-state index contributed by atoms with van der Waals surface area (Å²) in [6.07, 6.45) is 2.04. The number of hydrogen-bond donors (Lipinski definition) is 1. The van der Waals surface area contributed by atoms with Crippen LogP contribution in [-0.4, -0.2) is 35.8 Å². The Bertz CT molecular complexity index is 540. The Labute approximate surface area is 134 Å². The molecular weight excluding hydrogens is 311 g/mol. The molecule has 1 heterocycles. The molecule has 2 rings (SSSR count). The van der Waals surface area contributed by atoms with E-state index in [0.717, 1.165) is 12.8 Å². The summed E-state index contributed by atoms with van der Waals surface area (Å²) in [7, 11) is 0. The number of piperidine rings is 1. The fourth-order valence-electron chi connectivity index (χ4n) is 2.37. The van der Waals surface area contributed by atoms with Gasteiger partial charge >= 0.3 is 0 Å². The van der Waals surface area contributed by atoms with Crippen molar-refractivity contribution >= 4 is 35.0 Å². The van der Waals surface area contributed by atoms with Gasteiger partial charge in [-0.05, 0) is 31.0 Å². The molecule has 1 aliphatic heterocycles. The van der Waals surface area contributed by atoms with Crippen LogP contribution in [-0.2, 0) is 4.79 Å². The van der Waals surface area contributed by atoms with Gasteiger partial charge < -0.3 is 10.2 Å². The monoisotopic (exact) mass is 328 g/mol. The van der Waals surface area contributed by atoms with Crippen molar-refractivity contribution < 1.29 is 9.59 Å². The van der Waals surface area contributed by atoms with Crippen LogP contribution in [0.5, 0.6) is 0 Å². The summed E-state index contributed by atoms with van der Waals surface area (Å²) in [5, 5.41) is 3.79. The second kappa shape index (κ2) is 7.14. The van der Waals surface area contributed by atoms with E-state index in [4.69, 9.17) is 23.2 Å². The zero-order valence-electron chi connectivity index (χ0n) is 11.9. The molecule has 0 saturated carbocycles. The van der Waals surface area contributed by atoms with Gasteiger partial charge in [-0.3, -0.25) is 9.59 Å². The molecule has 1 aliphatic rings. The fourth-order valence-corrected chi connectivity index (χ4v) is 2.67. The molecule has 1 aromatic rings. The van der Waals surface area contributed by atoms with Crippen LogP contribution in [0, 0.1) is 0 Å². The topological polar surface area (TPSA) is 49.4 Å². The number of amides is 2. The lowest BCUT2D eigenvalue weighted by Gasteiger charge is -2.32. The van der Waals surface area contributed by atoms with Crippen LogP contribution in [0.3, 0.4) is 0 Å². The highest BCUT2D eigenvalue weighted by molar-refractivity contribution is 6.42. The van der Waals surface area contributed by atoms with Crippen LogP contribution >= 0.6 is 23.2 Å². The molecule has 2 amide bonds. The quantitative estimate of drug-likeness (QED) is 0.926. The molecule has 4 nitrogen and oxygen atoms in total. The number of nitrogens with zero attached hydrogens (tertiary/aromatic N) is 1. The van der Waals surface area contributed by atoms with Crippen molar-refractivity contribution in [3.05, 3.63) is 33.8 Å². The summed E-state index contributed by atoms with van der Waals surface area (Å²) in [5.41, 5.74) is 0.542. The molecule has 0 aromatic heterocycles. The van der Waals surface area contributed by atoms with E-state index in [2.05, 4.69) is 5.32 Å². The van der Waals surface area contributed by atoms with Crippen molar-refractivity contribution in [1.29, 1.82) is 0 Å². The maximum absolute atomic E-state index is 12.4. The zero-order valence-corrected chi connectivity index (χ0v) is 13.4. The van der Waals surface area contributed by atoms with Crippen LogP contribution in [0.15, 0.2) is 18.2 Å². The van der Waals surface area contributed by atoms with Crippen molar-refractivity contribution in [2.75, 3.05) is 13.1 Å². The minimum atomic E-state index is -0.0474. The largest absolute Gasteiger partial charge is 0.353 e. The Morgan fingerprint density at radius 1 is 1.24 bits per heavy atom. The molecule has 0 radical (unpaired) electrons. The van der Waals surface area contributed by atoms with Crippen LogP contribution in [0.1, 0.15) is 36.5 Å². The van der Waals surface area contributed by atoms with Crippen molar-refractivity contribution in [2.24, 2.45) is 0 Å². The lowest BCUT2D eigenvalue weighted by atomic mass is 10.0. The van der Waals surface area contributed by atoms with Crippen LogP contribution in [0.4, 0.5) is 0 Å². The molecule has 1 fully saturated rings. The molecule has 1 aromatic carbocycles. The van der Waals surface area contributed by atoms with Gasteiger partial charge in [-0.25, -0.2) is 0 Å². The van der Waals surface area contributed by atoms with Gasteiger partial charge in [0.25, 0.3) is 5.91 Å². The Morgan fingerprint density at radius 2 is 1.90 bits per heavy atom. The number of carbonyl (C=O) groups excluding carboxylic acids is 2. The Morgan fingerprint density at radius 3 is 2.48 bits per heavy atom. The molecule has 114 valence electrons. The zero-order chi connectivity index (χ0) is 15.4. The summed E-state index contributed by atoms with van der Waals surface area (Å²) in [5.74, 6) is 0.0121. The van der Waals surface area contributed by atoms with Gasteiger partial charge in [0.05, 0.1) is 10.0 Å². The minimum absolute atomic E-state index is 0.0474. The van der Waals surface area contributed by atoms with Gasteiger partial charge in [-0.1, -0.05) is 30.1 Å². The van der Waals surface area contributed by atoms with Crippen molar-refractivity contribution in [1.82, 2.24) is 10.2 Å². The van der Waals surface area contributed by atoms with Crippen molar-refractivity contribution in [2.45, 2.75) is 32.2 Å². The summed E-state index contributed by atoms with van der Waals surface area (Å²) >= 11 is 11.8. The first-order valence-corrected chi connectivity index (χ1v) is 7.80. The van der Waals surface area contributed by atoms with Crippen molar-refractivity contribution in [3.63, 3.8) is 0 Å². The summed E-state index contributed by atoms with van der Waals surface area (Å²) < 4.78 is 0. The summed E-state index contributed by atoms with van der Waals surface area (Å²) in [6.45, 7) is 3.10. The smallest absolute Gasteiger partial charge is 0.253 e. The Balaban J connectivity index is 1.93. The number of halogens is 2. The molecule has 0 atom stereocenters. The third-order valence-corrected chi connectivity index (χ3v) is 4.37. The highest BCUT2D eigenvalue weighted by Gasteiger charge is 2.24. The number of hydrogen-bond acceptors (Lipinski definition) is 2. The highest BCUT2D eigenvalue weighted by atomic mass is 35.5. The summed E-state index contributed by atoms with van der Waals surface area (Å²) in [4.78, 5) is 25.5. The van der Waals surface area contributed by atoms with Gasteiger partial charge in [-0.2, -0.15) is 0 Å². The molecular formula is C15H18Cl2N2O2. The molecule has 1 N–H and O–H groups in total. The predicted molar refractivity (Wildman–Crippen MR) is 83.8 cm³/mol. The van der Waals surface area contributed by atoms with E-state index in [1.807, 2.05) is 6.92 Å². The maximum atomic E-state index is 12.4. The molecule has 0 unspecified atom stereocenters. The van der Waals surface area contributed by atoms with E-state index in [-0.39, 0.29) is 17.9 Å². The number of benzene rings is 1. The van der Waals surface area contributed by atoms with E-state index in [1.165, 1.54) is 0 Å². The van der Waals surface area contributed by atoms with Crippen molar-refractivity contribution in [3.8, 4) is 0 Å². The summed E-state index contributed by atoms with van der Waals surface area (Å²) in [6, 6.07) is 5.07. The SMILES string of the molecule is CCC(=O)NC1CCN(C(=O)c2ccc(Cl)c(Cl)c2)CC1. The first-order chi connectivity index (χ1) is 10.0. The van der Waals surface area contributed by atoms with Crippen LogP contribution in [0.25, 0.3) is 0 Å². The van der Waals surface area contributed by atoms with E-state index in [1.54, 1.807) is 23.1 Å². The molecule has 0 spiro atoms. The minimum Gasteiger partial charge on any atom is -0.353 e. The van der Waals surface area contributed by atoms with E-state index >= 15 is 0 Å². The fraction of sp³-hybridized carbons (Fsp3) is 0.467. The van der Waals surface area contributed by atoms with E-state index in [9.17, 15) is 9.59 Å². The first kappa shape index (κ1) is 16.1. The number of nitrogens with one attached hydrogen (secondary N) is 1. The second-order valence-electron chi connectivity index (χ2n) is 5.12. The molecule has 1 saturated heterocycles. The first-order valence-electron chi connectivity index (χ1n) is 7.05. The molecule has 21 heavy (non-hydrogen) atoms. The third kappa shape index (κ3) is 4.11. The Hall–Kier alpha value is -1.26. The third-order valence-electron chi connectivity index (χ3n) is 3.63. The lowest BCUT2D eigenvalue weighted by Crippen LogP contribution is -2.46. The lowest BCUT2D eigenvalue weighted by molar-refractivity contribution is -0.121. The van der Waals surface area contributed by atoms with Gasteiger partial charge in [0, 0.05) is 31.1 Å². The average Bonchev–Trinajstić information content (AvgIpc) is 2.50. The average molecular weight is 329 g/mol. The number of carbonyl (C=O) groups is 2. The van der Waals surface area contributed by atoms with Gasteiger partial charge in [0.2, 0.25) is 5.91 Å². The van der Waals surface area contributed by atoms with Gasteiger partial charge in [-0.15, -0.1) is 0 Å². The van der Waals surface area contributed by atoms with Crippen LogP contribution in [0.2, 0.25) is 10.0 Å². The van der Waals surface area contributed by atoms with Gasteiger partial charge in [0.15, 0.2) is 0 Å². The maximum Gasteiger partial charge on any atom is 0.253 e. The normalized spacial score (nSPS) is 15.9.